The zero-order chi connectivity index (χ0) is 14.7. The van der Waals surface area contributed by atoms with Crippen LogP contribution in [0.25, 0.3) is 0 Å². The highest BCUT2D eigenvalue weighted by molar-refractivity contribution is 6.30. The van der Waals surface area contributed by atoms with E-state index in [9.17, 15) is 13.9 Å². The van der Waals surface area contributed by atoms with Crippen molar-refractivity contribution in [3.05, 3.63) is 64.2 Å². The third kappa shape index (κ3) is 3.46. The number of benzene rings is 2. The molecule has 2 aromatic carbocycles. The van der Waals surface area contributed by atoms with Crippen LogP contribution in [-0.2, 0) is 6.61 Å². The molecule has 1 unspecified atom stereocenters. The van der Waals surface area contributed by atoms with Gasteiger partial charge in [0.2, 0.25) is 0 Å². The SMILES string of the molecule is CC(O)c1ccc(F)cc1OCc1ccc(Cl)cc1F. The average Bonchev–Trinajstić information content (AvgIpc) is 2.37. The molecule has 5 heteroatoms. The van der Waals surface area contributed by atoms with Gasteiger partial charge < -0.3 is 9.84 Å². The Balaban J connectivity index is 2.20. The summed E-state index contributed by atoms with van der Waals surface area (Å²) in [6.45, 7) is 1.47. The molecule has 0 fully saturated rings. The van der Waals surface area contributed by atoms with Crippen LogP contribution in [0.4, 0.5) is 8.78 Å². The molecular formula is C15H13ClF2O2. The first kappa shape index (κ1) is 14.8. The van der Waals surface area contributed by atoms with Crippen molar-refractivity contribution in [3.63, 3.8) is 0 Å². The predicted octanol–water partition coefficient (Wildman–Crippen LogP) is 4.25. The summed E-state index contributed by atoms with van der Waals surface area (Å²) in [5.41, 5.74) is 0.746. The largest absolute Gasteiger partial charge is 0.488 e. The lowest BCUT2D eigenvalue weighted by molar-refractivity contribution is 0.189. The molecule has 0 saturated heterocycles. The Morgan fingerprint density at radius 1 is 1.20 bits per heavy atom. The Hall–Kier alpha value is -1.65. The van der Waals surface area contributed by atoms with Gasteiger partial charge >= 0.3 is 0 Å². The van der Waals surface area contributed by atoms with Crippen molar-refractivity contribution in [1.82, 2.24) is 0 Å². The summed E-state index contributed by atoms with van der Waals surface area (Å²) in [4.78, 5) is 0. The molecule has 0 aromatic heterocycles. The standard InChI is InChI=1S/C15H13ClF2O2/c1-9(19)13-5-4-12(17)7-15(13)20-8-10-2-3-11(16)6-14(10)18/h2-7,9,19H,8H2,1H3. The summed E-state index contributed by atoms with van der Waals surface area (Å²) in [7, 11) is 0. The number of halogens is 3. The van der Waals surface area contributed by atoms with Crippen molar-refractivity contribution in [2.75, 3.05) is 0 Å². The summed E-state index contributed by atoms with van der Waals surface area (Å²) >= 11 is 5.66. The van der Waals surface area contributed by atoms with Crippen LogP contribution in [0.5, 0.6) is 5.75 Å². The van der Waals surface area contributed by atoms with Crippen LogP contribution in [0.1, 0.15) is 24.2 Å². The summed E-state index contributed by atoms with van der Waals surface area (Å²) in [6.07, 6.45) is -0.805. The van der Waals surface area contributed by atoms with Crippen LogP contribution in [0, 0.1) is 11.6 Å². The quantitative estimate of drug-likeness (QED) is 0.914. The zero-order valence-corrected chi connectivity index (χ0v) is 11.5. The second-order valence-corrected chi connectivity index (χ2v) is 4.82. The molecule has 1 N–H and O–H groups in total. The lowest BCUT2D eigenvalue weighted by atomic mass is 10.1. The first-order chi connectivity index (χ1) is 9.47. The number of rotatable bonds is 4. The fourth-order valence-corrected chi connectivity index (χ4v) is 1.93. The number of ether oxygens (including phenoxy) is 1. The predicted molar refractivity (Wildman–Crippen MR) is 72.8 cm³/mol. The normalized spacial score (nSPS) is 12.2. The van der Waals surface area contributed by atoms with E-state index in [1.54, 1.807) is 13.0 Å². The first-order valence-electron chi connectivity index (χ1n) is 6.01. The third-order valence-electron chi connectivity index (χ3n) is 2.82. The monoisotopic (exact) mass is 298 g/mol. The van der Waals surface area contributed by atoms with Gasteiger partial charge in [-0.15, -0.1) is 0 Å². The molecule has 0 amide bonds. The Morgan fingerprint density at radius 3 is 2.60 bits per heavy atom. The van der Waals surface area contributed by atoms with Crippen LogP contribution in [0.15, 0.2) is 36.4 Å². The van der Waals surface area contributed by atoms with Gasteiger partial charge in [-0.2, -0.15) is 0 Å². The molecule has 106 valence electrons. The molecule has 1 atom stereocenters. The van der Waals surface area contributed by atoms with Crippen molar-refractivity contribution in [1.29, 1.82) is 0 Å². The summed E-state index contributed by atoms with van der Waals surface area (Å²) in [5, 5.41) is 9.88. The molecule has 0 aliphatic carbocycles. The molecule has 0 aliphatic rings. The molecular weight excluding hydrogens is 286 g/mol. The first-order valence-corrected chi connectivity index (χ1v) is 6.39. The topological polar surface area (TPSA) is 29.5 Å². The van der Waals surface area contributed by atoms with E-state index in [2.05, 4.69) is 0 Å². The summed E-state index contributed by atoms with van der Waals surface area (Å²) < 4.78 is 32.2. The van der Waals surface area contributed by atoms with Crippen LogP contribution in [0.2, 0.25) is 5.02 Å². The lowest BCUT2D eigenvalue weighted by Crippen LogP contribution is -2.03. The van der Waals surface area contributed by atoms with Crippen LogP contribution in [0.3, 0.4) is 0 Å². The molecule has 2 aromatic rings. The summed E-state index contributed by atoms with van der Waals surface area (Å²) in [5.74, 6) is -0.789. The molecule has 0 aliphatic heterocycles. The van der Waals surface area contributed by atoms with Crippen molar-refractivity contribution in [3.8, 4) is 5.75 Å². The fraction of sp³-hybridized carbons (Fsp3) is 0.200. The van der Waals surface area contributed by atoms with E-state index in [4.69, 9.17) is 16.3 Å². The van der Waals surface area contributed by atoms with Gasteiger partial charge in [0.15, 0.2) is 0 Å². The van der Waals surface area contributed by atoms with Crippen LogP contribution in [-0.4, -0.2) is 5.11 Å². The van der Waals surface area contributed by atoms with Gasteiger partial charge in [0.05, 0.1) is 6.10 Å². The van der Waals surface area contributed by atoms with Gasteiger partial charge in [0.25, 0.3) is 0 Å². The Kier molecular flexibility index (Phi) is 4.57. The molecule has 0 heterocycles. The van der Waals surface area contributed by atoms with Gasteiger partial charge in [0.1, 0.15) is 24.0 Å². The minimum atomic E-state index is -0.805. The minimum absolute atomic E-state index is 0.0772. The third-order valence-corrected chi connectivity index (χ3v) is 3.06. The van der Waals surface area contributed by atoms with Crippen LogP contribution >= 0.6 is 11.6 Å². The average molecular weight is 299 g/mol. The van der Waals surface area contributed by atoms with E-state index in [0.29, 0.717) is 16.1 Å². The van der Waals surface area contributed by atoms with E-state index in [1.165, 1.54) is 24.3 Å². The van der Waals surface area contributed by atoms with Gasteiger partial charge in [-0.25, -0.2) is 8.78 Å². The molecule has 2 rings (SSSR count). The van der Waals surface area contributed by atoms with Crippen molar-refractivity contribution in [2.45, 2.75) is 19.6 Å². The highest BCUT2D eigenvalue weighted by Gasteiger charge is 2.11. The van der Waals surface area contributed by atoms with E-state index < -0.39 is 17.7 Å². The fourth-order valence-electron chi connectivity index (χ4n) is 1.77. The molecule has 20 heavy (non-hydrogen) atoms. The Morgan fingerprint density at radius 2 is 1.95 bits per heavy atom. The maximum Gasteiger partial charge on any atom is 0.131 e. The highest BCUT2D eigenvalue weighted by atomic mass is 35.5. The van der Waals surface area contributed by atoms with E-state index in [1.807, 2.05) is 0 Å². The van der Waals surface area contributed by atoms with Gasteiger partial charge in [-0.05, 0) is 31.2 Å². The number of hydrogen-bond donors (Lipinski definition) is 1. The minimum Gasteiger partial charge on any atom is -0.488 e. The smallest absolute Gasteiger partial charge is 0.131 e. The van der Waals surface area contributed by atoms with Gasteiger partial charge in [-0.3, -0.25) is 0 Å². The number of aliphatic hydroxyl groups excluding tert-OH is 1. The van der Waals surface area contributed by atoms with Crippen molar-refractivity contribution < 1.29 is 18.6 Å². The lowest BCUT2D eigenvalue weighted by Gasteiger charge is -2.14. The molecule has 0 spiro atoms. The Labute approximate surface area is 120 Å². The molecule has 0 saturated carbocycles. The Bertz CT molecular complexity index is 615. The second-order valence-electron chi connectivity index (χ2n) is 4.38. The van der Waals surface area contributed by atoms with E-state index >= 15 is 0 Å². The van der Waals surface area contributed by atoms with Crippen molar-refractivity contribution >= 4 is 11.6 Å². The maximum atomic E-state index is 13.6. The number of aliphatic hydroxyl groups is 1. The van der Waals surface area contributed by atoms with E-state index in [-0.39, 0.29) is 12.4 Å². The van der Waals surface area contributed by atoms with Crippen molar-refractivity contribution in [2.24, 2.45) is 0 Å². The molecule has 2 nitrogen and oxygen atoms in total. The highest BCUT2D eigenvalue weighted by Crippen LogP contribution is 2.27. The van der Waals surface area contributed by atoms with E-state index in [0.717, 1.165) is 6.07 Å². The maximum absolute atomic E-state index is 13.6. The molecule has 0 bridgehead atoms. The zero-order valence-electron chi connectivity index (χ0n) is 10.7. The van der Waals surface area contributed by atoms with Gasteiger partial charge in [0, 0.05) is 22.2 Å². The van der Waals surface area contributed by atoms with Gasteiger partial charge in [-0.1, -0.05) is 17.7 Å². The second kappa shape index (κ2) is 6.20. The summed E-state index contributed by atoms with van der Waals surface area (Å²) in [6, 6.07) is 8.06. The van der Waals surface area contributed by atoms with Crippen LogP contribution < -0.4 is 4.74 Å². The number of hydrogen-bond acceptors (Lipinski definition) is 2. The molecule has 0 radical (unpaired) electrons.